The summed E-state index contributed by atoms with van der Waals surface area (Å²) in [4.78, 5) is 12.4. The molecule has 18 heavy (non-hydrogen) atoms. The molecule has 1 unspecified atom stereocenters. The van der Waals surface area contributed by atoms with E-state index in [9.17, 15) is 4.79 Å². The molecule has 2 rings (SSSR count). The zero-order valence-corrected chi connectivity index (χ0v) is 11.8. The normalized spacial score (nSPS) is 18.2. The molecule has 0 radical (unpaired) electrons. The molecule has 0 saturated heterocycles. The van der Waals surface area contributed by atoms with Crippen LogP contribution in [0.25, 0.3) is 0 Å². The summed E-state index contributed by atoms with van der Waals surface area (Å²) in [6, 6.07) is 9.34. The zero-order valence-electron chi connectivity index (χ0n) is 10.2. The van der Waals surface area contributed by atoms with Crippen LogP contribution in [0.3, 0.4) is 0 Å². The standard InChI is InChI=1S/C13H16BrN3O/c1-16(9-7-14)17-10-8-15-13(17)12(18)11-5-3-2-4-6-11/h2-6,8,10,13,15H,7,9H2,1H3. The van der Waals surface area contributed by atoms with Crippen LogP contribution in [0.1, 0.15) is 10.4 Å². The van der Waals surface area contributed by atoms with E-state index in [1.807, 2.05) is 53.6 Å². The van der Waals surface area contributed by atoms with Gasteiger partial charge in [-0.15, -0.1) is 0 Å². The average molecular weight is 310 g/mol. The van der Waals surface area contributed by atoms with E-state index in [1.165, 1.54) is 0 Å². The molecular weight excluding hydrogens is 294 g/mol. The van der Waals surface area contributed by atoms with Gasteiger partial charge in [-0.2, -0.15) is 0 Å². The molecule has 0 spiro atoms. The lowest BCUT2D eigenvalue weighted by atomic mass is 10.1. The molecule has 0 bridgehead atoms. The number of hydrogen-bond acceptors (Lipinski definition) is 4. The maximum Gasteiger partial charge on any atom is 0.206 e. The van der Waals surface area contributed by atoms with E-state index in [4.69, 9.17) is 0 Å². The first kappa shape index (κ1) is 13.1. The summed E-state index contributed by atoms with van der Waals surface area (Å²) in [5, 5.41) is 7.87. The van der Waals surface area contributed by atoms with E-state index in [0.29, 0.717) is 0 Å². The highest BCUT2D eigenvalue weighted by atomic mass is 79.9. The van der Waals surface area contributed by atoms with Crippen molar-refractivity contribution < 1.29 is 4.79 Å². The number of alkyl halides is 1. The fraction of sp³-hybridized carbons (Fsp3) is 0.308. The average Bonchev–Trinajstić information content (AvgIpc) is 2.88. The summed E-state index contributed by atoms with van der Waals surface area (Å²) in [7, 11) is 1.96. The van der Waals surface area contributed by atoms with E-state index >= 15 is 0 Å². The van der Waals surface area contributed by atoms with Crippen molar-refractivity contribution in [3.8, 4) is 0 Å². The third-order valence-corrected chi connectivity index (χ3v) is 3.21. The molecule has 0 amide bonds. The van der Waals surface area contributed by atoms with E-state index in [0.717, 1.165) is 17.4 Å². The van der Waals surface area contributed by atoms with Crippen LogP contribution >= 0.6 is 15.9 Å². The summed E-state index contributed by atoms with van der Waals surface area (Å²) < 4.78 is 0. The molecule has 1 aromatic rings. The topological polar surface area (TPSA) is 35.6 Å². The van der Waals surface area contributed by atoms with Crippen molar-refractivity contribution in [3.63, 3.8) is 0 Å². The number of nitrogens with zero attached hydrogens (tertiary/aromatic N) is 2. The maximum atomic E-state index is 12.4. The van der Waals surface area contributed by atoms with Crippen molar-refractivity contribution >= 4 is 21.7 Å². The Bertz CT molecular complexity index is 435. The highest BCUT2D eigenvalue weighted by molar-refractivity contribution is 9.09. The minimum absolute atomic E-state index is 0.0713. The summed E-state index contributed by atoms with van der Waals surface area (Å²) in [6.07, 6.45) is 3.33. The van der Waals surface area contributed by atoms with Crippen LogP contribution in [0.4, 0.5) is 0 Å². The summed E-state index contributed by atoms with van der Waals surface area (Å²) >= 11 is 3.40. The van der Waals surface area contributed by atoms with E-state index < -0.39 is 0 Å². The zero-order chi connectivity index (χ0) is 13.0. The largest absolute Gasteiger partial charge is 0.362 e. The predicted octanol–water partition coefficient (Wildman–Crippen LogP) is 1.81. The summed E-state index contributed by atoms with van der Waals surface area (Å²) in [5.74, 6) is 0.0713. The number of ketones is 1. The van der Waals surface area contributed by atoms with Gasteiger partial charge in [0.2, 0.25) is 5.78 Å². The number of hydrogen-bond donors (Lipinski definition) is 1. The first-order valence-corrected chi connectivity index (χ1v) is 6.93. The summed E-state index contributed by atoms with van der Waals surface area (Å²) in [5.41, 5.74) is 0.718. The number of nitrogens with one attached hydrogen (secondary N) is 1. The first-order chi connectivity index (χ1) is 8.74. The second-order valence-electron chi connectivity index (χ2n) is 4.07. The second kappa shape index (κ2) is 6.02. The Morgan fingerprint density at radius 3 is 2.83 bits per heavy atom. The Labute approximate surface area is 115 Å². The minimum atomic E-state index is -0.351. The smallest absolute Gasteiger partial charge is 0.206 e. The highest BCUT2D eigenvalue weighted by Gasteiger charge is 2.29. The van der Waals surface area contributed by atoms with Gasteiger partial charge in [-0.3, -0.25) is 9.80 Å². The molecule has 1 aliphatic rings. The molecule has 0 saturated carbocycles. The van der Waals surface area contributed by atoms with Crippen LogP contribution in [-0.2, 0) is 0 Å². The Balaban J connectivity index is 2.11. The molecule has 0 aromatic heterocycles. The van der Waals surface area contributed by atoms with Crippen molar-refractivity contribution in [3.05, 3.63) is 48.3 Å². The molecule has 5 heteroatoms. The highest BCUT2D eigenvalue weighted by Crippen LogP contribution is 2.13. The molecule has 1 N–H and O–H groups in total. The molecular formula is C13H16BrN3O. The Morgan fingerprint density at radius 1 is 1.44 bits per heavy atom. The number of carbonyl (C=O) groups is 1. The van der Waals surface area contributed by atoms with Crippen molar-refractivity contribution in [2.24, 2.45) is 0 Å². The van der Waals surface area contributed by atoms with Gasteiger partial charge in [-0.25, -0.2) is 5.01 Å². The maximum absolute atomic E-state index is 12.4. The summed E-state index contributed by atoms with van der Waals surface area (Å²) in [6.45, 7) is 0.838. The van der Waals surface area contributed by atoms with Gasteiger partial charge in [0.05, 0.1) is 0 Å². The van der Waals surface area contributed by atoms with Gasteiger partial charge in [0.1, 0.15) is 0 Å². The van der Waals surface area contributed by atoms with Gasteiger partial charge in [-0.05, 0) is 0 Å². The van der Waals surface area contributed by atoms with E-state index in [-0.39, 0.29) is 11.9 Å². The molecule has 0 fully saturated rings. The van der Waals surface area contributed by atoms with Crippen LogP contribution in [0.2, 0.25) is 0 Å². The van der Waals surface area contributed by atoms with E-state index in [2.05, 4.69) is 21.2 Å². The van der Waals surface area contributed by atoms with Gasteiger partial charge < -0.3 is 5.32 Å². The molecule has 1 atom stereocenters. The second-order valence-corrected chi connectivity index (χ2v) is 4.86. The van der Waals surface area contributed by atoms with Crippen molar-refractivity contribution in [2.45, 2.75) is 6.17 Å². The van der Waals surface area contributed by atoms with Crippen LogP contribution in [-0.4, -0.2) is 40.9 Å². The van der Waals surface area contributed by atoms with Crippen molar-refractivity contribution in [1.82, 2.24) is 15.3 Å². The monoisotopic (exact) mass is 309 g/mol. The number of Topliss-reactive ketones (excluding diaryl/α,β-unsaturated/α-hetero) is 1. The molecule has 1 heterocycles. The minimum Gasteiger partial charge on any atom is -0.362 e. The molecule has 0 aliphatic carbocycles. The lowest BCUT2D eigenvalue weighted by molar-refractivity contribution is 0.0206. The SMILES string of the molecule is CN(CCBr)N1C=CNC1C(=O)c1ccccc1. The van der Waals surface area contributed by atoms with Gasteiger partial charge in [-0.1, -0.05) is 46.3 Å². The number of hydrazine groups is 1. The quantitative estimate of drug-likeness (QED) is 0.665. The third-order valence-electron chi connectivity index (χ3n) is 2.85. The Kier molecular flexibility index (Phi) is 4.38. The predicted molar refractivity (Wildman–Crippen MR) is 75.1 cm³/mol. The van der Waals surface area contributed by atoms with Crippen LogP contribution < -0.4 is 5.32 Å². The lowest BCUT2D eigenvalue weighted by Gasteiger charge is -2.32. The van der Waals surface area contributed by atoms with Gasteiger partial charge in [0.25, 0.3) is 0 Å². The van der Waals surface area contributed by atoms with Gasteiger partial charge >= 0.3 is 0 Å². The first-order valence-electron chi connectivity index (χ1n) is 5.81. The third kappa shape index (κ3) is 2.73. The fourth-order valence-corrected chi connectivity index (χ4v) is 2.39. The number of carbonyl (C=O) groups excluding carboxylic acids is 1. The number of benzene rings is 1. The number of rotatable bonds is 5. The lowest BCUT2D eigenvalue weighted by Crippen LogP contribution is -2.50. The molecule has 1 aromatic carbocycles. The van der Waals surface area contributed by atoms with Crippen LogP contribution in [0, 0.1) is 0 Å². The Morgan fingerprint density at radius 2 is 2.17 bits per heavy atom. The van der Waals surface area contributed by atoms with Gasteiger partial charge in [0, 0.05) is 36.9 Å². The molecule has 1 aliphatic heterocycles. The van der Waals surface area contributed by atoms with Gasteiger partial charge in [0.15, 0.2) is 6.17 Å². The van der Waals surface area contributed by atoms with Crippen LogP contribution in [0.15, 0.2) is 42.7 Å². The number of halogens is 1. The molecule has 96 valence electrons. The fourth-order valence-electron chi connectivity index (χ4n) is 1.88. The van der Waals surface area contributed by atoms with Crippen molar-refractivity contribution in [2.75, 3.05) is 18.9 Å². The Hall–Kier alpha value is -1.33. The molecule has 4 nitrogen and oxygen atoms in total. The van der Waals surface area contributed by atoms with E-state index in [1.54, 1.807) is 6.20 Å². The van der Waals surface area contributed by atoms with Crippen molar-refractivity contribution in [1.29, 1.82) is 0 Å². The van der Waals surface area contributed by atoms with Crippen LogP contribution in [0.5, 0.6) is 0 Å².